The summed E-state index contributed by atoms with van der Waals surface area (Å²) in [6.07, 6.45) is -18.3. The number of aliphatic hydroxyl groups excluding tert-OH is 12. The van der Waals surface area contributed by atoms with Gasteiger partial charge in [-0.05, 0) is 12.8 Å². The molecule has 15 N–H and O–H groups in total. The highest BCUT2D eigenvalue weighted by Crippen LogP contribution is 2.27. The monoisotopic (exact) mass is 1210 g/mol. The van der Waals surface area contributed by atoms with Crippen molar-refractivity contribution >= 4 is 17.7 Å². The standard InChI is InChI=1S/C51H95N3O29/c1-51(7-3-2-4-36(58)52-8-13-70-16-19-73-22-25-78-48-45(67)42(64)39(61)33(28-55)81-48,31-76-11-5-37(59)53-9-14-71-17-20-74-23-26-79-49-46(68)43(65)40(62)34(29-56)82-49)32-77-12-6-38(60)54-10-15-72-18-21-75-24-27-80-50-47(69)44(66)41(63)35(30-57)83-50/h33-35,39-50,55-57,61-69H,2-32H2,1H3,(H,52,58)(H,53,59)(H,54,60)/t33?,34?,35?,39-,40-,41-,42?,43?,44?,45?,46?,47?,48+,49+,50+,51?/m1/s1. The second kappa shape index (κ2) is 43.9. The lowest BCUT2D eigenvalue weighted by Crippen LogP contribution is -2.59. The van der Waals surface area contributed by atoms with Crippen LogP contribution in [0.15, 0.2) is 0 Å². The number of ether oxygens (including phenoxy) is 14. The number of carbonyl (C=O) groups excluding carboxylic acids is 3. The van der Waals surface area contributed by atoms with Crippen LogP contribution < -0.4 is 16.0 Å². The summed E-state index contributed by atoms with van der Waals surface area (Å²) >= 11 is 0. The minimum absolute atomic E-state index is 0.00103. The van der Waals surface area contributed by atoms with E-state index >= 15 is 0 Å². The Kier molecular flexibility index (Phi) is 39.5. The SMILES string of the molecule is CC(CCCCC(=O)NCCOCCOCCO[C@H]1OC(CO)[C@@H](O)C(O)C1O)(COCCC(=O)NCCOCCOCCO[C@H]1OC(CO)[C@@H](O)C(O)C1O)COCCC(=O)NCCOCCOCCO[C@H]1OC(CO)[C@@H](O)C(O)C1O. The van der Waals surface area contributed by atoms with Crippen molar-refractivity contribution in [3.63, 3.8) is 0 Å². The number of hydrogen-bond acceptors (Lipinski definition) is 29. The van der Waals surface area contributed by atoms with E-state index in [1.165, 1.54) is 0 Å². The van der Waals surface area contributed by atoms with Gasteiger partial charge in [-0.2, -0.15) is 0 Å². The fourth-order valence-corrected chi connectivity index (χ4v) is 8.29. The molecule has 0 spiro atoms. The van der Waals surface area contributed by atoms with Gasteiger partial charge < -0.3 is 144 Å². The molecule has 3 rings (SSSR count). The minimum atomic E-state index is -1.54. The largest absolute Gasteiger partial charge is 0.394 e. The molecule has 15 atom stereocenters. The molecule has 3 saturated heterocycles. The molecule has 0 bridgehead atoms. The molecule has 0 aromatic heterocycles. The second-order valence-corrected chi connectivity index (χ2v) is 20.1. The highest BCUT2D eigenvalue weighted by Gasteiger charge is 2.46. The first-order valence-corrected chi connectivity index (χ1v) is 28.1. The van der Waals surface area contributed by atoms with Gasteiger partial charge in [0.05, 0.1) is 145 Å². The van der Waals surface area contributed by atoms with Crippen LogP contribution in [0, 0.1) is 5.41 Å². The molecule has 3 aliphatic rings. The lowest BCUT2D eigenvalue weighted by atomic mass is 9.86. The molecular weight excluding hydrogens is 1120 g/mol. The van der Waals surface area contributed by atoms with Gasteiger partial charge in [0.25, 0.3) is 0 Å². The molecule has 3 fully saturated rings. The molecule has 83 heavy (non-hydrogen) atoms. The van der Waals surface area contributed by atoms with Gasteiger partial charge in [-0.15, -0.1) is 0 Å². The molecule has 0 aromatic carbocycles. The summed E-state index contributed by atoms with van der Waals surface area (Å²) in [6, 6.07) is 0. The highest BCUT2D eigenvalue weighted by atomic mass is 16.7. The average Bonchev–Trinajstić information content (AvgIpc) is 3.66. The van der Waals surface area contributed by atoms with E-state index in [1.54, 1.807) is 0 Å². The van der Waals surface area contributed by atoms with Crippen LogP contribution in [0.25, 0.3) is 0 Å². The molecule has 0 aromatic rings. The number of unbranched alkanes of at least 4 members (excludes halogenated alkanes) is 1. The van der Waals surface area contributed by atoms with Crippen molar-refractivity contribution in [1.29, 1.82) is 0 Å². The van der Waals surface area contributed by atoms with Gasteiger partial charge in [0.15, 0.2) is 18.9 Å². The number of rotatable bonds is 48. The van der Waals surface area contributed by atoms with Crippen LogP contribution in [-0.2, 0) is 80.7 Å². The third-order valence-electron chi connectivity index (χ3n) is 13.2. The zero-order chi connectivity index (χ0) is 60.8. The second-order valence-electron chi connectivity index (χ2n) is 20.1. The van der Waals surface area contributed by atoms with Gasteiger partial charge in [0.1, 0.15) is 73.2 Å². The number of amides is 3. The molecule has 3 amide bonds. The molecule has 0 radical (unpaired) electrons. The summed E-state index contributed by atoms with van der Waals surface area (Å²) in [4.78, 5) is 37.6. The third-order valence-corrected chi connectivity index (χ3v) is 13.2. The van der Waals surface area contributed by atoms with E-state index in [-0.39, 0.29) is 182 Å². The van der Waals surface area contributed by atoms with E-state index in [0.717, 1.165) is 0 Å². The summed E-state index contributed by atoms with van der Waals surface area (Å²) in [5.41, 5.74) is -0.532. The molecule has 0 aliphatic carbocycles. The highest BCUT2D eigenvalue weighted by molar-refractivity contribution is 5.76. The Bertz CT molecular complexity index is 1500. The van der Waals surface area contributed by atoms with E-state index in [9.17, 15) is 75.7 Å². The van der Waals surface area contributed by atoms with Gasteiger partial charge in [-0.25, -0.2) is 0 Å². The van der Waals surface area contributed by atoms with E-state index in [4.69, 9.17) is 66.3 Å². The van der Waals surface area contributed by atoms with Crippen molar-refractivity contribution in [2.45, 2.75) is 138 Å². The smallest absolute Gasteiger partial charge is 0.222 e. The first kappa shape index (κ1) is 74.6. The van der Waals surface area contributed by atoms with Gasteiger partial charge in [-0.1, -0.05) is 13.3 Å². The van der Waals surface area contributed by atoms with Gasteiger partial charge >= 0.3 is 0 Å². The average molecular weight is 1210 g/mol. The summed E-state index contributed by atoms with van der Waals surface area (Å²) < 4.78 is 76.6. The van der Waals surface area contributed by atoms with E-state index in [1.807, 2.05) is 6.92 Å². The Hall–Kier alpha value is -2.63. The summed E-state index contributed by atoms with van der Waals surface area (Å²) in [5, 5.41) is 126. The maximum absolute atomic E-state index is 12.6. The summed E-state index contributed by atoms with van der Waals surface area (Å²) in [5.74, 6) is -0.659. The fourth-order valence-electron chi connectivity index (χ4n) is 8.29. The Balaban J connectivity index is 1.26. The molecule has 32 heteroatoms. The molecule has 9 unspecified atom stereocenters. The minimum Gasteiger partial charge on any atom is -0.394 e. The van der Waals surface area contributed by atoms with Crippen molar-refractivity contribution < 1.29 is 142 Å². The van der Waals surface area contributed by atoms with Crippen LogP contribution in [0.2, 0.25) is 0 Å². The van der Waals surface area contributed by atoms with Crippen molar-refractivity contribution in [3.05, 3.63) is 0 Å². The van der Waals surface area contributed by atoms with Crippen LogP contribution in [0.3, 0.4) is 0 Å². The Labute approximate surface area is 482 Å². The predicted molar refractivity (Wildman–Crippen MR) is 281 cm³/mol. The van der Waals surface area contributed by atoms with Crippen molar-refractivity contribution in [2.24, 2.45) is 5.41 Å². The van der Waals surface area contributed by atoms with Gasteiger partial charge in [0.2, 0.25) is 17.7 Å². The first-order valence-electron chi connectivity index (χ1n) is 28.1. The lowest BCUT2D eigenvalue weighted by molar-refractivity contribution is -0.302. The van der Waals surface area contributed by atoms with Gasteiger partial charge in [0, 0.05) is 44.3 Å². The topological polar surface area (TPSA) is 459 Å². The zero-order valence-corrected chi connectivity index (χ0v) is 47.4. The van der Waals surface area contributed by atoms with Crippen LogP contribution >= 0.6 is 0 Å². The quantitative estimate of drug-likeness (QED) is 0.0252. The van der Waals surface area contributed by atoms with E-state index < -0.39 is 117 Å². The van der Waals surface area contributed by atoms with Crippen molar-refractivity contribution in [2.75, 3.05) is 165 Å². The number of hydrogen-bond donors (Lipinski definition) is 15. The summed E-state index contributed by atoms with van der Waals surface area (Å²) in [7, 11) is 0. The van der Waals surface area contributed by atoms with Crippen LogP contribution in [0.1, 0.15) is 45.4 Å². The van der Waals surface area contributed by atoms with Crippen LogP contribution in [-0.4, -0.2) is 336 Å². The molecule has 3 aliphatic heterocycles. The van der Waals surface area contributed by atoms with Crippen molar-refractivity contribution in [3.8, 4) is 0 Å². The van der Waals surface area contributed by atoms with Gasteiger partial charge in [-0.3, -0.25) is 14.4 Å². The lowest BCUT2D eigenvalue weighted by Gasteiger charge is -2.39. The predicted octanol–water partition coefficient (Wildman–Crippen LogP) is -7.74. The van der Waals surface area contributed by atoms with Crippen LogP contribution in [0.5, 0.6) is 0 Å². The third kappa shape index (κ3) is 29.8. The Morgan fingerprint density at radius 2 is 0.651 bits per heavy atom. The normalized spacial score (nSPS) is 29.1. The number of aliphatic hydroxyl groups is 12. The maximum Gasteiger partial charge on any atom is 0.222 e. The van der Waals surface area contributed by atoms with E-state index in [0.29, 0.717) is 19.3 Å². The number of nitrogens with one attached hydrogen (secondary N) is 3. The first-order chi connectivity index (χ1) is 40.0. The summed E-state index contributed by atoms with van der Waals surface area (Å²) in [6.45, 7) is 4.02. The Morgan fingerprint density at radius 1 is 0.361 bits per heavy atom. The van der Waals surface area contributed by atoms with Crippen molar-refractivity contribution in [1.82, 2.24) is 16.0 Å². The van der Waals surface area contributed by atoms with Crippen LogP contribution in [0.4, 0.5) is 0 Å². The fraction of sp³-hybridized carbons (Fsp3) is 0.941. The molecule has 3 heterocycles. The maximum atomic E-state index is 12.6. The molecule has 0 saturated carbocycles. The molecule has 32 nitrogen and oxygen atoms in total. The Morgan fingerprint density at radius 3 is 0.964 bits per heavy atom. The zero-order valence-electron chi connectivity index (χ0n) is 47.4. The molecule has 488 valence electrons. The van der Waals surface area contributed by atoms with E-state index in [2.05, 4.69) is 16.0 Å². The molecular formula is C51H95N3O29. The number of carbonyl (C=O) groups is 3.